The number of amides is 4. The maximum Gasteiger partial charge on any atom is 0.428 e. The van der Waals surface area contributed by atoms with Crippen LogP contribution >= 0.6 is 0 Å². The molecule has 12 heteroatoms. The highest BCUT2D eigenvalue weighted by molar-refractivity contribution is 6.37. The van der Waals surface area contributed by atoms with E-state index >= 15 is 0 Å². The van der Waals surface area contributed by atoms with Crippen LogP contribution in [0.25, 0.3) is 0 Å². The molecule has 0 saturated carbocycles. The molecule has 0 radical (unpaired) electrons. The second-order valence-electron chi connectivity index (χ2n) is 9.68. The van der Waals surface area contributed by atoms with Crippen LogP contribution in [0.3, 0.4) is 0 Å². The van der Waals surface area contributed by atoms with Gasteiger partial charge in [0, 0.05) is 0 Å². The number of carbonyl (C=O) groups is 4. The van der Waals surface area contributed by atoms with Crippen LogP contribution in [0.2, 0.25) is 0 Å². The van der Waals surface area contributed by atoms with Crippen molar-refractivity contribution in [3.8, 4) is 0 Å². The van der Waals surface area contributed by atoms with Crippen molar-refractivity contribution in [1.82, 2.24) is 10.1 Å². The van der Waals surface area contributed by atoms with E-state index in [-0.39, 0.29) is 47.0 Å². The lowest BCUT2D eigenvalue weighted by atomic mass is 10.00. The van der Waals surface area contributed by atoms with E-state index in [1.807, 2.05) is 12.1 Å². The van der Waals surface area contributed by atoms with Crippen molar-refractivity contribution in [2.75, 3.05) is 10.3 Å². The van der Waals surface area contributed by atoms with E-state index < -0.39 is 29.6 Å². The number of imide groups is 1. The molecular weight excluding hydrogens is 566 g/mol. The number of nitrogens with zero attached hydrogens (tertiary/aromatic N) is 3. The first-order valence-corrected chi connectivity index (χ1v) is 13.5. The summed E-state index contributed by atoms with van der Waals surface area (Å²) in [6.45, 7) is 2.70. The van der Waals surface area contributed by atoms with Gasteiger partial charge in [-0.15, -0.1) is 0 Å². The third-order valence-corrected chi connectivity index (χ3v) is 6.77. The molecule has 4 aromatic rings. The molecule has 5 rings (SSSR count). The Morgan fingerprint density at radius 1 is 0.727 bits per heavy atom. The molecule has 0 bridgehead atoms. The molecule has 222 valence electrons. The number of anilines is 1. The molecule has 3 aromatic carbocycles. The Morgan fingerprint density at radius 3 is 1.80 bits per heavy atom. The highest BCUT2D eigenvalue weighted by Crippen LogP contribution is 2.31. The minimum Gasteiger partial charge on any atom is -0.443 e. The van der Waals surface area contributed by atoms with Gasteiger partial charge in [-0.1, -0.05) is 78.9 Å². The van der Waals surface area contributed by atoms with Gasteiger partial charge >= 0.3 is 12.2 Å². The van der Waals surface area contributed by atoms with Crippen molar-refractivity contribution in [3.05, 3.63) is 135 Å². The molecule has 0 spiro atoms. The number of hydrazone groups is 1. The van der Waals surface area contributed by atoms with Crippen molar-refractivity contribution in [2.24, 2.45) is 5.10 Å². The normalized spacial score (nSPS) is 12.5. The Bertz CT molecular complexity index is 1820. The molecule has 12 nitrogen and oxygen atoms in total. The Hall–Kier alpha value is -6.04. The summed E-state index contributed by atoms with van der Waals surface area (Å²) in [7, 11) is 0. The number of hydrogen-bond acceptors (Lipinski definition) is 8. The Labute approximate surface area is 251 Å². The highest BCUT2D eigenvalue weighted by Gasteiger charge is 2.43. The van der Waals surface area contributed by atoms with Crippen LogP contribution in [-0.4, -0.2) is 34.4 Å². The lowest BCUT2D eigenvalue weighted by molar-refractivity contribution is 0.0925. The second-order valence-corrected chi connectivity index (χ2v) is 9.68. The van der Waals surface area contributed by atoms with Crippen LogP contribution in [0.5, 0.6) is 0 Å². The van der Waals surface area contributed by atoms with Gasteiger partial charge in [0.05, 0.1) is 33.8 Å². The summed E-state index contributed by atoms with van der Waals surface area (Å²) >= 11 is 0. The Balaban J connectivity index is 1.49. The minimum absolute atomic E-state index is 0.00484. The van der Waals surface area contributed by atoms with Gasteiger partial charge in [-0.2, -0.15) is 5.10 Å². The molecule has 44 heavy (non-hydrogen) atoms. The number of nitrogens with one attached hydrogen (secondary N) is 2. The van der Waals surface area contributed by atoms with Gasteiger partial charge in [0.25, 0.3) is 17.4 Å². The fraction of sp³-hybridized carbons (Fsp3) is 0.125. The lowest BCUT2D eigenvalue weighted by Crippen LogP contribution is -2.39. The average molecular weight is 594 g/mol. The number of benzene rings is 3. The van der Waals surface area contributed by atoms with Crippen LogP contribution in [0.4, 0.5) is 15.3 Å². The maximum absolute atomic E-state index is 13.8. The number of ether oxygens (including phenoxy) is 2. The zero-order valence-electron chi connectivity index (χ0n) is 23.8. The summed E-state index contributed by atoms with van der Waals surface area (Å²) in [5, 5.41) is 3.98. The van der Waals surface area contributed by atoms with Crippen molar-refractivity contribution >= 4 is 35.4 Å². The third-order valence-electron chi connectivity index (χ3n) is 6.77. The SMILES string of the molecule is C/C(=N\NC(=O)OCc1ccccc1)c1c2c(c(C)n(NC(=O)OCc3ccccc3)c1=O)C(=O)N(c1ccccc1)C2=O. The number of hydrogen-bond donors (Lipinski definition) is 2. The molecule has 0 fully saturated rings. The molecule has 0 unspecified atom stereocenters. The smallest absolute Gasteiger partial charge is 0.428 e. The summed E-state index contributed by atoms with van der Waals surface area (Å²) in [6, 6.07) is 26.1. The number of fused-ring (bicyclic) bond motifs is 1. The second kappa shape index (κ2) is 12.9. The Morgan fingerprint density at radius 2 is 1.23 bits per heavy atom. The van der Waals surface area contributed by atoms with Gasteiger partial charge in [-0.05, 0) is 37.1 Å². The first-order valence-electron chi connectivity index (χ1n) is 13.5. The van der Waals surface area contributed by atoms with Gasteiger partial charge in [-0.25, -0.2) is 30.0 Å². The van der Waals surface area contributed by atoms with E-state index in [1.165, 1.54) is 13.8 Å². The van der Waals surface area contributed by atoms with Crippen molar-refractivity contribution in [3.63, 3.8) is 0 Å². The third kappa shape index (κ3) is 6.09. The molecule has 0 atom stereocenters. The first kappa shape index (κ1) is 29.5. The fourth-order valence-corrected chi connectivity index (χ4v) is 4.65. The molecule has 2 N–H and O–H groups in total. The monoisotopic (exact) mass is 593 g/mol. The summed E-state index contributed by atoms with van der Waals surface area (Å²) in [5.74, 6) is -1.46. The van der Waals surface area contributed by atoms with Crippen molar-refractivity contribution in [2.45, 2.75) is 27.1 Å². The summed E-state index contributed by atoms with van der Waals surface area (Å²) in [5.41, 5.74) is 4.74. The standard InChI is InChI=1S/C32H27N5O7/c1-20(33-34-31(41)43-18-22-12-6-3-7-13-22)25-27-26(28(38)36(29(27)39)24-16-10-5-11-17-24)21(2)37(30(25)40)35-32(42)44-19-23-14-8-4-9-15-23/h3-17H,18-19H2,1-2H3,(H,34,41)(H,35,42)/b33-20+. The van der Waals surface area contributed by atoms with Crippen LogP contribution in [0, 0.1) is 6.92 Å². The van der Waals surface area contributed by atoms with Gasteiger partial charge in [-0.3, -0.25) is 14.4 Å². The largest absolute Gasteiger partial charge is 0.443 e. The number of para-hydroxylation sites is 1. The quantitative estimate of drug-likeness (QED) is 0.174. The van der Waals surface area contributed by atoms with Crippen LogP contribution < -0.4 is 21.3 Å². The molecule has 1 aromatic heterocycles. The van der Waals surface area contributed by atoms with Crippen LogP contribution in [0.1, 0.15) is 50.0 Å². The van der Waals surface area contributed by atoms with Gasteiger partial charge in [0.2, 0.25) is 0 Å². The van der Waals surface area contributed by atoms with E-state index in [4.69, 9.17) is 9.47 Å². The zero-order chi connectivity index (χ0) is 31.2. The molecule has 0 aliphatic carbocycles. The molecular formula is C32H27N5O7. The van der Waals surface area contributed by atoms with Gasteiger partial charge in [0.15, 0.2) is 0 Å². The van der Waals surface area contributed by atoms with E-state index in [1.54, 1.807) is 78.9 Å². The topological polar surface area (TPSA) is 148 Å². The Kier molecular flexibility index (Phi) is 8.61. The number of rotatable bonds is 8. The van der Waals surface area contributed by atoms with Gasteiger partial charge in [0.1, 0.15) is 13.2 Å². The van der Waals surface area contributed by atoms with Gasteiger partial charge < -0.3 is 9.47 Å². The highest BCUT2D eigenvalue weighted by atomic mass is 16.6. The van der Waals surface area contributed by atoms with E-state index in [9.17, 15) is 24.0 Å². The lowest BCUT2D eigenvalue weighted by Gasteiger charge is -2.16. The average Bonchev–Trinajstić information content (AvgIpc) is 3.30. The summed E-state index contributed by atoms with van der Waals surface area (Å²) in [6.07, 6.45) is -1.88. The summed E-state index contributed by atoms with van der Waals surface area (Å²) in [4.78, 5) is 67.2. The van der Waals surface area contributed by atoms with E-state index in [2.05, 4.69) is 16.0 Å². The van der Waals surface area contributed by atoms with E-state index in [0.717, 1.165) is 15.1 Å². The minimum atomic E-state index is -0.973. The van der Waals surface area contributed by atoms with E-state index in [0.29, 0.717) is 5.56 Å². The van der Waals surface area contributed by atoms with Crippen LogP contribution in [0.15, 0.2) is 101 Å². The predicted molar refractivity (Wildman–Crippen MR) is 161 cm³/mol. The maximum atomic E-state index is 13.8. The van der Waals surface area contributed by atoms with Crippen molar-refractivity contribution in [1.29, 1.82) is 0 Å². The molecule has 4 amide bonds. The van der Waals surface area contributed by atoms with Crippen LogP contribution in [-0.2, 0) is 22.7 Å². The fourth-order valence-electron chi connectivity index (χ4n) is 4.65. The number of pyridine rings is 1. The summed E-state index contributed by atoms with van der Waals surface area (Å²) < 4.78 is 11.3. The first-order chi connectivity index (χ1) is 21.3. The molecule has 0 saturated heterocycles. The molecule has 1 aliphatic rings. The number of aromatic nitrogens is 1. The number of carbonyl (C=O) groups excluding carboxylic acids is 4. The predicted octanol–water partition coefficient (Wildman–Crippen LogP) is 4.49. The zero-order valence-corrected chi connectivity index (χ0v) is 23.8. The molecule has 1 aliphatic heterocycles. The van der Waals surface area contributed by atoms with Crippen molar-refractivity contribution < 1.29 is 28.7 Å². The molecule has 2 heterocycles.